The lowest BCUT2D eigenvalue weighted by molar-refractivity contribution is 0.0667. The van der Waals surface area contributed by atoms with E-state index in [0.717, 1.165) is 31.5 Å². The third-order valence-electron chi connectivity index (χ3n) is 5.11. The zero-order valence-corrected chi connectivity index (χ0v) is 14.4. The maximum atomic E-state index is 13.7. The van der Waals surface area contributed by atoms with Crippen LogP contribution in [0.1, 0.15) is 59.2 Å². The number of rotatable bonds is 4. The molecule has 1 aliphatic carbocycles. The summed E-state index contributed by atoms with van der Waals surface area (Å²) in [5.74, 6) is 1.85. The number of likely N-dealkylation sites (tertiary alicyclic amines) is 1. The van der Waals surface area contributed by atoms with Crippen LogP contribution in [-0.2, 0) is 6.42 Å². The average Bonchev–Trinajstić information content (AvgIpc) is 3.37. The number of piperidine rings is 1. The van der Waals surface area contributed by atoms with E-state index in [4.69, 9.17) is 4.52 Å². The first kappa shape index (κ1) is 16.2. The second-order valence-electron chi connectivity index (χ2n) is 7.25. The van der Waals surface area contributed by atoms with Gasteiger partial charge in [0.05, 0.1) is 0 Å². The average molecular weight is 343 g/mol. The van der Waals surface area contributed by atoms with E-state index in [1.807, 2.05) is 4.90 Å². The zero-order chi connectivity index (χ0) is 17.4. The molecule has 132 valence electrons. The van der Waals surface area contributed by atoms with E-state index < -0.39 is 0 Å². The Bertz CT molecular complexity index is 785. The molecule has 0 bridgehead atoms. The Labute approximate surface area is 146 Å². The Balaban J connectivity index is 1.40. The highest BCUT2D eigenvalue weighted by Gasteiger charge is 2.30. The molecule has 1 unspecified atom stereocenters. The number of aromatic nitrogens is 2. The van der Waals surface area contributed by atoms with Crippen LogP contribution in [0.5, 0.6) is 0 Å². The van der Waals surface area contributed by atoms with Crippen LogP contribution in [0.25, 0.3) is 0 Å². The van der Waals surface area contributed by atoms with E-state index in [1.165, 1.54) is 6.07 Å². The third kappa shape index (κ3) is 3.57. The van der Waals surface area contributed by atoms with E-state index in [0.29, 0.717) is 48.4 Å². The first-order valence-corrected chi connectivity index (χ1v) is 8.98. The lowest BCUT2D eigenvalue weighted by atomic mass is 9.94. The molecule has 4 rings (SSSR count). The molecule has 1 saturated carbocycles. The number of aryl methyl sites for hydroxylation is 1. The molecule has 0 radical (unpaired) electrons. The summed E-state index contributed by atoms with van der Waals surface area (Å²) in [6.07, 6.45) is 4.98. The van der Waals surface area contributed by atoms with Crippen LogP contribution in [0, 0.1) is 18.7 Å². The van der Waals surface area contributed by atoms with Gasteiger partial charge in [-0.05, 0) is 56.2 Å². The number of carbonyl (C=O) groups is 1. The van der Waals surface area contributed by atoms with Gasteiger partial charge in [-0.1, -0.05) is 11.2 Å². The van der Waals surface area contributed by atoms with Crippen molar-refractivity contribution in [1.29, 1.82) is 0 Å². The molecule has 0 N–H and O–H groups in total. The molecule has 6 heteroatoms. The van der Waals surface area contributed by atoms with Gasteiger partial charge in [0, 0.05) is 31.0 Å². The van der Waals surface area contributed by atoms with Crippen LogP contribution in [0.3, 0.4) is 0 Å². The van der Waals surface area contributed by atoms with Crippen molar-refractivity contribution in [3.63, 3.8) is 0 Å². The quantitative estimate of drug-likeness (QED) is 0.853. The SMILES string of the molecule is Cc1ccc(C(=O)N2CCCC(Cc3nc(C4CC4)no3)C2)cc1F. The molecule has 1 atom stereocenters. The first-order chi connectivity index (χ1) is 12.1. The minimum absolute atomic E-state index is 0.104. The number of carbonyl (C=O) groups excluding carboxylic acids is 1. The number of hydrogen-bond donors (Lipinski definition) is 0. The van der Waals surface area contributed by atoms with Gasteiger partial charge in [-0.25, -0.2) is 4.39 Å². The first-order valence-electron chi connectivity index (χ1n) is 8.98. The molecule has 1 aromatic heterocycles. The van der Waals surface area contributed by atoms with Crippen molar-refractivity contribution in [3.8, 4) is 0 Å². The fourth-order valence-electron chi connectivity index (χ4n) is 3.43. The highest BCUT2D eigenvalue weighted by Crippen LogP contribution is 2.38. The molecule has 1 amide bonds. The predicted molar refractivity (Wildman–Crippen MR) is 89.7 cm³/mol. The summed E-state index contributed by atoms with van der Waals surface area (Å²) in [4.78, 5) is 19.0. The van der Waals surface area contributed by atoms with Crippen molar-refractivity contribution in [1.82, 2.24) is 15.0 Å². The summed E-state index contributed by atoms with van der Waals surface area (Å²) in [7, 11) is 0. The maximum absolute atomic E-state index is 13.7. The Morgan fingerprint density at radius 3 is 2.96 bits per heavy atom. The van der Waals surface area contributed by atoms with Gasteiger partial charge in [-0.3, -0.25) is 4.79 Å². The van der Waals surface area contributed by atoms with Crippen molar-refractivity contribution in [2.75, 3.05) is 13.1 Å². The topological polar surface area (TPSA) is 59.2 Å². The molecule has 25 heavy (non-hydrogen) atoms. The number of nitrogens with zero attached hydrogens (tertiary/aromatic N) is 3. The summed E-state index contributed by atoms with van der Waals surface area (Å²) >= 11 is 0. The van der Waals surface area contributed by atoms with Gasteiger partial charge in [-0.15, -0.1) is 0 Å². The lowest BCUT2D eigenvalue weighted by Crippen LogP contribution is -2.40. The fourth-order valence-corrected chi connectivity index (χ4v) is 3.43. The zero-order valence-electron chi connectivity index (χ0n) is 14.4. The van der Waals surface area contributed by atoms with Gasteiger partial charge in [-0.2, -0.15) is 4.98 Å². The van der Waals surface area contributed by atoms with E-state index in [2.05, 4.69) is 10.1 Å². The summed E-state index contributed by atoms with van der Waals surface area (Å²) in [5, 5.41) is 4.06. The smallest absolute Gasteiger partial charge is 0.253 e. The third-order valence-corrected chi connectivity index (χ3v) is 5.11. The molecule has 5 nitrogen and oxygen atoms in total. The van der Waals surface area contributed by atoms with Crippen LogP contribution in [0.15, 0.2) is 22.7 Å². The van der Waals surface area contributed by atoms with Crippen molar-refractivity contribution >= 4 is 5.91 Å². The van der Waals surface area contributed by atoms with Gasteiger partial charge in [0.2, 0.25) is 5.89 Å². The van der Waals surface area contributed by atoms with Crippen LogP contribution in [-0.4, -0.2) is 34.0 Å². The standard InChI is InChI=1S/C19H22FN3O2/c1-12-4-5-15(10-16(12)20)19(24)23-8-2-3-13(11-23)9-17-21-18(22-25-17)14-6-7-14/h4-5,10,13-14H,2-3,6-9,11H2,1H3. The van der Waals surface area contributed by atoms with E-state index in [9.17, 15) is 9.18 Å². The number of benzene rings is 1. The Hall–Kier alpha value is -2.24. The fraction of sp³-hybridized carbons (Fsp3) is 0.526. The van der Waals surface area contributed by atoms with Crippen molar-refractivity contribution in [2.24, 2.45) is 5.92 Å². The Morgan fingerprint density at radius 1 is 1.36 bits per heavy atom. The molecule has 1 aliphatic heterocycles. The molecule has 2 aromatic rings. The van der Waals surface area contributed by atoms with Crippen molar-refractivity contribution in [3.05, 3.63) is 46.9 Å². The second-order valence-corrected chi connectivity index (χ2v) is 7.25. The molecule has 2 heterocycles. The molecule has 2 fully saturated rings. The van der Waals surface area contributed by atoms with Crippen LogP contribution in [0.4, 0.5) is 4.39 Å². The van der Waals surface area contributed by atoms with Crippen LogP contribution >= 0.6 is 0 Å². The van der Waals surface area contributed by atoms with E-state index >= 15 is 0 Å². The minimum Gasteiger partial charge on any atom is -0.339 e. The second kappa shape index (κ2) is 6.58. The molecule has 0 spiro atoms. The van der Waals surface area contributed by atoms with E-state index in [-0.39, 0.29) is 11.7 Å². The molecular weight excluding hydrogens is 321 g/mol. The number of amides is 1. The highest BCUT2D eigenvalue weighted by molar-refractivity contribution is 5.94. The van der Waals surface area contributed by atoms with Gasteiger partial charge in [0.15, 0.2) is 5.82 Å². The molecule has 1 aromatic carbocycles. The Morgan fingerprint density at radius 2 is 2.20 bits per heavy atom. The molecular formula is C19H22FN3O2. The van der Waals surface area contributed by atoms with Crippen molar-refractivity contribution < 1.29 is 13.7 Å². The largest absolute Gasteiger partial charge is 0.339 e. The predicted octanol–water partition coefficient (Wildman–Crippen LogP) is 3.49. The lowest BCUT2D eigenvalue weighted by Gasteiger charge is -2.32. The molecule has 1 saturated heterocycles. The monoisotopic (exact) mass is 343 g/mol. The number of halogens is 1. The normalized spacial score (nSPS) is 20.7. The van der Waals surface area contributed by atoms with E-state index in [1.54, 1.807) is 19.1 Å². The summed E-state index contributed by atoms with van der Waals surface area (Å²) in [6, 6.07) is 4.69. The van der Waals surface area contributed by atoms with Crippen LogP contribution < -0.4 is 0 Å². The number of hydrogen-bond acceptors (Lipinski definition) is 4. The minimum atomic E-state index is -0.335. The summed E-state index contributed by atoms with van der Waals surface area (Å²) in [6.45, 7) is 3.05. The Kier molecular flexibility index (Phi) is 4.27. The van der Waals surface area contributed by atoms with Gasteiger partial charge < -0.3 is 9.42 Å². The van der Waals surface area contributed by atoms with Gasteiger partial charge in [0.25, 0.3) is 5.91 Å². The summed E-state index contributed by atoms with van der Waals surface area (Å²) in [5.41, 5.74) is 0.966. The van der Waals surface area contributed by atoms with Gasteiger partial charge in [0.1, 0.15) is 5.82 Å². The van der Waals surface area contributed by atoms with Gasteiger partial charge >= 0.3 is 0 Å². The van der Waals surface area contributed by atoms with Crippen LogP contribution in [0.2, 0.25) is 0 Å². The highest BCUT2D eigenvalue weighted by atomic mass is 19.1. The summed E-state index contributed by atoms with van der Waals surface area (Å²) < 4.78 is 19.1. The van der Waals surface area contributed by atoms with Crippen molar-refractivity contribution in [2.45, 2.75) is 44.9 Å². The molecule has 2 aliphatic rings. The maximum Gasteiger partial charge on any atom is 0.253 e.